The molecule has 2 aromatic carbocycles. The summed E-state index contributed by atoms with van der Waals surface area (Å²) in [7, 11) is 0. The molecule has 7 heteroatoms. The molecule has 0 saturated carbocycles. The van der Waals surface area contributed by atoms with Gasteiger partial charge in [-0.25, -0.2) is 4.79 Å². The summed E-state index contributed by atoms with van der Waals surface area (Å²) >= 11 is 0. The van der Waals surface area contributed by atoms with E-state index < -0.39 is 18.0 Å². The molecule has 1 heterocycles. The van der Waals surface area contributed by atoms with E-state index in [4.69, 9.17) is 4.74 Å². The first-order chi connectivity index (χ1) is 14.0. The zero-order valence-corrected chi connectivity index (χ0v) is 16.6. The molecule has 1 atom stereocenters. The molecule has 0 fully saturated rings. The molecule has 2 amide bonds. The van der Waals surface area contributed by atoms with Crippen molar-refractivity contribution in [3.05, 3.63) is 54.1 Å². The van der Waals surface area contributed by atoms with Crippen LogP contribution in [-0.4, -0.2) is 37.0 Å². The molecule has 0 bridgehead atoms. The largest absolute Gasteiger partial charge is 0.449 e. The average molecular weight is 395 g/mol. The fraction of sp³-hybridized carbons (Fsp3) is 0.318. The van der Waals surface area contributed by atoms with Crippen LogP contribution in [0.3, 0.4) is 0 Å². The summed E-state index contributed by atoms with van der Waals surface area (Å²) < 4.78 is 5.45. The highest BCUT2D eigenvalue weighted by Gasteiger charge is 2.31. The van der Waals surface area contributed by atoms with Crippen molar-refractivity contribution < 1.29 is 19.1 Å². The van der Waals surface area contributed by atoms with Gasteiger partial charge in [0.2, 0.25) is 5.91 Å². The van der Waals surface area contributed by atoms with E-state index in [0.29, 0.717) is 22.6 Å². The number of nitrogens with zero attached hydrogens (tertiary/aromatic N) is 1. The number of fused-ring (bicyclic) bond motifs is 1. The molecule has 152 valence electrons. The van der Waals surface area contributed by atoms with Gasteiger partial charge in [-0.3, -0.25) is 14.5 Å². The lowest BCUT2D eigenvalue weighted by atomic mass is 10.1. The van der Waals surface area contributed by atoms with Crippen LogP contribution in [0.4, 0.5) is 17.1 Å². The smallest absolute Gasteiger partial charge is 0.341 e. The molecule has 0 radical (unpaired) electrons. The molecule has 0 spiro atoms. The van der Waals surface area contributed by atoms with Crippen LogP contribution in [0, 0.1) is 0 Å². The number of anilines is 3. The highest BCUT2D eigenvalue weighted by molar-refractivity contribution is 6.11. The predicted molar refractivity (Wildman–Crippen MR) is 112 cm³/mol. The minimum absolute atomic E-state index is 0.118. The topological polar surface area (TPSA) is 87.7 Å². The Kier molecular flexibility index (Phi) is 6.49. The van der Waals surface area contributed by atoms with E-state index in [9.17, 15) is 14.4 Å². The number of carbonyl (C=O) groups is 3. The summed E-state index contributed by atoms with van der Waals surface area (Å²) in [5, 5.41) is 5.96. The maximum Gasteiger partial charge on any atom is 0.341 e. The summed E-state index contributed by atoms with van der Waals surface area (Å²) in [5.41, 5.74) is 2.19. The number of unbranched alkanes of at least 4 members (excludes halogenated alkanes) is 1. The zero-order valence-electron chi connectivity index (χ0n) is 16.6. The lowest BCUT2D eigenvalue weighted by Crippen LogP contribution is -2.47. The van der Waals surface area contributed by atoms with Gasteiger partial charge in [0.05, 0.1) is 16.9 Å². The zero-order chi connectivity index (χ0) is 20.8. The molecular formula is C22H25N3O4. The molecule has 2 aromatic rings. The minimum Gasteiger partial charge on any atom is -0.449 e. The number of hydrogen-bond donors (Lipinski definition) is 2. The van der Waals surface area contributed by atoms with Gasteiger partial charge >= 0.3 is 5.97 Å². The Bertz CT molecular complexity index is 912. The van der Waals surface area contributed by atoms with Crippen molar-refractivity contribution in [3.63, 3.8) is 0 Å². The third kappa shape index (κ3) is 4.74. The number of ether oxygens (including phenoxy) is 1. The summed E-state index contributed by atoms with van der Waals surface area (Å²) in [6, 6.07) is 14.1. The Morgan fingerprint density at radius 1 is 1.17 bits per heavy atom. The fourth-order valence-electron chi connectivity index (χ4n) is 3.14. The first-order valence-electron chi connectivity index (χ1n) is 9.75. The first kappa shape index (κ1) is 20.4. The second-order valence-corrected chi connectivity index (χ2v) is 6.86. The standard InChI is InChI=1S/C22H25N3O4/c1-3-4-13-23-17-10-6-5-9-16(17)22(28)29-15(2)21(27)25-14-20(26)24-18-11-7-8-12-19(18)25/h5-12,15,23H,3-4,13-14H2,1-2H3,(H,24,26)/t15-/m0/s1. The average Bonchev–Trinajstić information content (AvgIpc) is 2.73. The molecule has 0 saturated heterocycles. The van der Waals surface area contributed by atoms with Crippen molar-refractivity contribution in [2.75, 3.05) is 28.6 Å². The predicted octanol–water partition coefficient (Wildman–Crippen LogP) is 3.43. The van der Waals surface area contributed by atoms with E-state index >= 15 is 0 Å². The van der Waals surface area contributed by atoms with E-state index in [0.717, 1.165) is 19.4 Å². The monoisotopic (exact) mass is 395 g/mol. The lowest BCUT2D eigenvalue weighted by molar-refractivity contribution is -0.128. The molecule has 0 aromatic heterocycles. The number of amides is 2. The number of esters is 1. The van der Waals surface area contributed by atoms with Crippen LogP contribution in [0.25, 0.3) is 0 Å². The summed E-state index contributed by atoms with van der Waals surface area (Å²) in [5.74, 6) is -1.32. The number of para-hydroxylation sites is 3. The van der Waals surface area contributed by atoms with Crippen LogP contribution < -0.4 is 15.5 Å². The molecule has 1 aliphatic rings. The summed E-state index contributed by atoms with van der Waals surface area (Å²) in [6.45, 7) is 4.23. The molecule has 3 rings (SSSR count). The number of rotatable bonds is 7. The molecule has 0 unspecified atom stereocenters. The van der Waals surface area contributed by atoms with Gasteiger partial charge in [0, 0.05) is 12.2 Å². The second kappa shape index (κ2) is 9.23. The Morgan fingerprint density at radius 2 is 1.90 bits per heavy atom. The maximum atomic E-state index is 12.9. The third-order valence-corrected chi connectivity index (χ3v) is 4.66. The fourth-order valence-corrected chi connectivity index (χ4v) is 3.14. The molecular weight excluding hydrogens is 370 g/mol. The number of carbonyl (C=O) groups excluding carboxylic acids is 3. The maximum absolute atomic E-state index is 12.9. The van der Waals surface area contributed by atoms with Crippen LogP contribution in [-0.2, 0) is 14.3 Å². The van der Waals surface area contributed by atoms with Crippen LogP contribution >= 0.6 is 0 Å². The van der Waals surface area contributed by atoms with Gasteiger partial charge in [0.1, 0.15) is 6.54 Å². The molecule has 7 nitrogen and oxygen atoms in total. The van der Waals surface area contributed by atoms with Crippen molar-refractivity contribution >= 4 is 34.8 Å². The third-order valence-electron chi connectivity index (χ3n) is 4.66. The van der Waals surface area contributed by atoms with Crippen LogP contribution in [0.15, 0.2) is 48.5 Å². The van der Waals surface area contributed by atoms with Crippen molar-refractivity contribution in [2.24, 2.45) is 0 Å². The van der Waals surface area contributed by atoms with Crippen LogP contribution in [0.1, 0.15) is 37.0 Å². The van der Waals surface area contributed by atoms with Gasteiger partial charge in [0.25, 0.3) is 5.91 Å². The number of hydrogen-bond acceptors (Lipinski definition) is 5. The normalized spacial score (nSPS) is 13.9. The highest BCUT2D eigenvalue weighted by Crippen LogP contribution is 2.29. The quantitative estimate of drug-likeness (QED) is 0.554. The molecule has 0 aliphatic carbocycles. The Hall–Kier alpha value is -3.35. The van der Waals surface area contributed by atoms with Crippen LogP contribution in [0.5, 0.6) is 0 Å². The van der Waals surface area contributed by atoms with Gasteiger partial charge in [0.15, 0.2) is 6.10 Å². The minimum atomic E-state index is -1.04. The van der Waals surface area contributed by atoms with Crippen molar-refractivity contribution in [2.45, 2.75) is 32.8 Å². The van der Waals surface area contributed by atoms with Crippen molar-refractivity contribution in [1.82, 2.24) is 0 Å². The molecule has 2 N–H and O–H groups in total. The van der Waals surface area contributed by atoms with E-state index in [2.05, 4.69) is 17.6 Å². The Labute approximate surface area is 170 Å². The second-order valence-electron chi connectivity index (χ2n) is 6.86. The number of nitrogens with one attached hydrogen (secondary N) is 2. The van der Waals surface area contributed by atoms with E-state index in [1.807, 2.05) is 12.1 Å². The molecule has 29 heavy (non-hydrogen) atoms. The molecule has 1 aliphatic heterocycles. The van der Waals surface area contributed by atoms with Crippen molar-refractivity contribution in [1.29, 1.82) is 0 Å². The van der Waals surface area contributed by atoms with Gasteiger partial charge in [-0.2, -0.15) is 0 Å². The van der Waals surface area contributed by atoms with E-state index in [-0.39, 0.29) is 12.5 Å². The van der Waals surface area contributed by atoms with E-state index in [1.54, 1.807) is 36.4 Å². The van der Waals surface area contributed by atoms with Gasteiger partial charge in [-0.1, -0.05) is 37.6 Å². The van der Waals surface area contributed by atoms with Gasteiger partial charge < -0.3 is 15.4 Å². The Balaban J connectivity index is 1.72. The van der Waals surface area contributed by atoms with Gasteiger partial charge in [-0.15, -0.1) is 0 Å². The lowest BCUT2D eigenvalue weighted by Gasteiger charge is -2.30. The Morgan fingerprint density at radius 3 is 2.69 bits per heavy atom. The highest BCUT2D eigenvalue weighted by atomic mass is 16.5. The summed E-state index contributed by atoms with van der Waals surface area (Å²) in [6.07, 6.45) is 0.982. The SMILES string of the molecule is CCCCNc1ccccc1C(=O)O[C@@H](C)C(=O)N1CC(=O)Nc2ccccc21. The number of benzene rings is 2. The summed E-state index contributed by atoms with van der Waals surface area (Å²) in [4.78, 5) is 38.9. The van der Waals surface area contributed by atoms with Crippen molar-refractivity contribution in [3.8, 4) is 0 Å². The van der Waals surface area contributed by atoms with E-state index in [1.165, 1.54) is 11.8 Å². The van der Waals surface area contributed by atoms with Gasteiger partial charge in [-0.05, 0) is 37.6 Å². The van der Waals surface area contributed by atoms with Crippen LogP contribution in [0.2, 0.25) is 0 Å². The first-order valence-corrected chi connectivity index (χ1v) is 9.75.